The van der Waals surface area contributed by atoms with Gasteiger partial charge in [-0.25, -0.2) is 5.43 Å². The van der Waals surface area contributed by atoms with Crippen molar-refractivity contribution in [3.63, 3.8) is 0 Å². The molecule has 29 heavy (non-hydrogen) atoms. The maximum absolute atomic E-state index is 12.4. The molecule has 1 aromatic carbocycles. The third-order valence-electron chi connectivity index (χ3n) is 5.36. The van der Waals surface area contributed by atoms with E-state index in [4.69, 9.17) is 4.74 Å². The Bertz CT molecular complexity index is 781. The number of hydrogen-bond donors (Lipinski definition) is 2. The van der Waals surface area contributed by atoms with E-state index in [9.17, 15) is 9.59 Å². The lowest BCUT2D eigenvalue weighted by atomic mass is 10.1. The molecule has 2 saturated heterocycles. The second kappa shape index (κ2) is 9.60. The van der Waals surface area contributed by atoms with Gasteiger partial charge in [-0.2, -0.15) is 16.9 Å². The molecule has 1 unspecified atom stereocenters. The summed E-state index contributed by atoms with van der Waals surface area (Å²) >= 11 is 1.79. The number of rotatable bonds is 6. The summed E-state index contributed by atoms with van der Waals surface area (Å²) in [6.07, 6.45) is 1.32. The van der Waals surface area contributed by atoms with E-state index in [1.165, 1.54) is 0 Å². The minimum Gasteiger partial charge on any atom is -0.379 e. The zero-order valence-corrected chi connectivity index (χ0v) is 17.2. The lowest BCUT2D eigenvalue weighted by Crippen LogP contribution is -2.57. The number of morpholine rings is 1. The molecule has 1 aromatic rings. The lowest BCUT2D eigenvalue weighted by molar-refractivity contribution is -0.125. The molecule has 3 aliphatic rings. The van der Waals surface area contributed by atoms with E-state index in [0.29, 0.717) is 6.42 Å². The smallest absolute Gasteiger partial charge is 0.263 e. The lowest BCUT2D eigenvalue weighted by Gasteiger charge is -2.38. The second-order valence-electron chi connectivity index (χ2n) is 7.38. The van der Waals surface area contributed by atoms with E-state index in [1.807, 2.05) is 24.3 Å². The average Bonchev–Trinajstić information content (AvgIpc) is 2.75. The molecule has 156 valence electrons. The van der Waals surface area contributed by atoms with Crippen molar-refractivity contribution in [1.82, 2.24) is 15.2 Å². The summed E-state index contributed by atoms with van der Waals surface area (Å²) in [5, 5.41) is 7.28. The molecule has 4 rings (SSSR count). The van der Waals surface area contributed by atoms with E-state index in [2.05, 4.69) is 25.6 Å². The van der Waals surface area contributed by atoms with Gasteiger partial charge < -0.3 is 15.0 Å². The fourth-order valence-electron chi connectivity index (χ4n) is 3.80. The van der Waals surface area contributed by atoms with Crippen molar-refractivity contribution >= 4 is 35.1 Å². The van der Waals surface area contributed by atoms with Crippen LogP contribution < -0.4 is 10.7 Å². The van der Waals surface area contributed by atoms with Gasteiger partial charge >= 0.3 is 0 Å². The predicted molar refractivity (Wildman–Crippen MR) is 114 cm³/mol. The predicted octanol–water partition coefficient (Wildman–Crippen LogP) is 0.946. The Balaban J connectivity index is 1.34. The van der Waals surface area contributed by atoms with Gasteiger partial charge in [0, 0.05) is 48.8 Å². The molecule has 8 nitrogen and oxygen atoms in total. The number of carbonyl (C=O) groups is 2. The zero-order chi connectivity index (χ0) is 20.1. The number of thioether (sulfide) groups is 1. The van der Waals surface area contributed by atoms with Gasteiger partial charge in [-0.15, -0.1) is 0 Å². The molecule has 0 aliphatic carbocycles. The van der Waals surface area contributed by atoms with Crippen LogP contribution in [-0.2, 0) is 14.3 Å². The van der Waals surface area contributed by atoms with Gasteiger partial charge in [0.15, 0.2) is 5.84 Å². The van der Waals surface area contributed by atoms with Crippen molar-refractivity contribution in [1.29, 1.82) is 0 Å². The first-order valence-electron chi connectivity index (χ1n) is 10.1. The number of amides is 2. The summed E-state index contributed by atoms with van der Waals surface area (Å²) in [5.74, 6) is 2.47. The Morgan fingerprint density at radius 3 is 3.03 bits per heavy atom. The van der Waals surface area contributed by atoms with E-state index in [-0.39, 0.29) is 17.9 Å². The van der Waals surface area contributed by atoms with Crippen LogP contribution in [0.15, 0.2) is 29.4 Å². The number of amidine groups is 1. The summed E-state index contributed by atoms with van der Waals surface area (Å²) in [7, 11) is 0. The maximum Gasteiger partial charge on any atom is 0.263 e. The highest BCUT2D eigenvalue weighted by Gasteiger charge is 2.35. The molecule has 9 heteroatoms. The summed E-state index contributed by atoms with van der Waals surface area (Å²) in [6, 6.07) is 7.50. The van der Waals surface area contributed by atoms with Crippen LogP contribution in [0.2, 0.25) is 0 Å². The third kappa shape index (κ3) is 5.09. The summed E-state index contributed by atoms with van der Waals surface area (Å²) in [4.78, 5) is 28.9. The van der Waals surface area contributed by atoms with Gasteiger partial charge in [-0.1, -0.05) is 12.1 Å². The van der Waals surface area contributed by atoms with Crippen LogP contribution >= 0.6 is 11.8 Å². The molecule has 1 atom stereocenters. The fourth-order valence-corrected chi connectivity index (χ4v) is 4.85. The molecule has 3 heterocycles. The van der Waals surface area contributed by atoms with E-state index >= 15 is 0 Å². The van der Waals surface area contributed by atoms with Crippen LogP contribution in [0.25, 0.3) is 0 Å². The van der Waals surface area contributed by atoms with Gasteiger partial charge in [0.2, 0.25) is 5.91 Å². The molecule has 0 aromatic heterocycles. The molecule has 2 N–H and O–H groups in total. The Morgan fingerprint density at radius 2 is 2.17 bits per heavy atom. The molecule has 0 saturated carbocycles. The first-order valence-corrected chi connectivity index (χ1v) is 11.3. The molecule has 0 spiro atoms. The fraction of sp³-hybridized carbons (Fsp3) is 0.550. The van der Waals surface area contributed by atoms with Crippen molar-refractivity contribution in [2.75, 3.05) is 56.2 Å². The summed E-state index contributed by atoms with van der Waals surface area (Å²) < 4.78 is 5.35. The average molecular weight is 418 g/mol. The molecule has 2 amide bonds. The number of nitrogens with zero attached hydrogens (tertiary/aromatic N) is 3. The Kier molecular flexibility index (Phi) is 6.68. The van der Waals surface area contributed by atoms with Crippen LogP contribution in [0, 0.1) is 0 Å². The topological polar surface area (TPSA) is 86.3 Å². The van der Waals surface area contributed by atoms with Crippen LogP contribution in [0.1, 0.15) is 18.4 Å². The Labute approximate surface area is 175 Å². The largest absolute Gasteiger partial charge is 0.379 e. The number of anilines is 1. The van der Waals surface area contributed by atoms with Gasteiger partial charge in [0.25, 0.3) is 5.91 Å². The first-order chi connectivity index (χ1) is 14.2. The maximum atomic E-state index is 12.4. The van der Waals surface area contributed by atoms with E-state index in [0.717, 1.165) is 74.4 Å². The highest BCUT2D eigenvalue weighted by Crippen LogP contribution is 2.23. The molecular formula is C20H27N5O3S. The van der Waals surface area contributed by atoms with Crippen LogP contribution in [0.4, 0.5) is 5.69 Å². The van der Waals surface area contributed by atoms with E-state index < -0.39 is 0 Å². The van der Waals surface area contributed by atoms with Crippen molar-refractivity contribution in [2.24, 2.45) is 5.10 Å². The molecule has 2 fully saturated rings. The van der Waals surface area contributed by atoms with Gasteiger partial charge in [0.05, 0.1) is 13.2 Å². The number of hydrazone groups is 1. The van der Waals surface area contributed by atoms with Crippen molar-refractivity contribution in [3.8, 4) is 0 Å². The molecular weight excluding hydrogens is 390 g/mol. The van der Waals surface area contributed by atoms with Gasteiger partial charge in [-0.05, 0) is 25.1 Å². The third-order valence-corrected chi connectivity index (χ3v) is 6.38. The number of hydrogen-bond acceptors (Lipinski definition) is 7. The van der Waals surface area contributed by atoms with Crippen molar-refractivity contribution < 1.29 is 14.3 Å². The Morgan fingerprint density at radius 1 is 1.31 bits per heavy atom. The highest BCUT2D eigenvalue weighted by atomic mass is 32.2. The molecule has 0 radical (unpaired) electrons. The van der Waals surface area contributed by atoms with Crippen molar-refractivity contribution in [3.05, 3.63) is 29.8 Å². The molecule has 0 bridgehead atoms. The normalized spacial score (nSPS) is 22.5. The highest BCUT2D eigenvalue weighted by molar-refractivity contribution is 7.99. The number of fused-ring (bicyclic) bond motifs is 1. The van der Waals surface area contributed by atoms with E-state index in [1.54, 1.807) is 11.8 Å². The number of carbonyl (C=O) groups excluding carboxylic acids is 2. The van der Waals surface area contributed by atoms with Crippen LogP contribution in [-0.4, -0.2) is 84.4 Å². The summed E-state index contributed by atoms with van der Waals surface area (Å²) in [5.41, 5.74) is 4.29. The van der Waals surface area contributed by atoms with Gasteiger partial charge in [-0.3, -0.25) is 14.5 Å². The standard InChI is InChI=1S/C20H27N5O3S/c26-18(5-2-6-24-7-10-28-11-8-24)21-16-4-1-3-15(13-16)19-22-23-20(27)17-14-29-12-9-25(17)19/h1,3-4,13,17H,2,5-12,14H2,(H,21,26)(H,23,27). The van der Waals surface area contributed by atoms with Crippen LogP contribution in [0.3, 0.4) is 0 Å². The second-order valence-corrected chi connectivity index (χ2v) is 8.53. The number of ether oxygens (including phenoxy) is 1. The van der Waals surface area contributed by atoms with Crippen LogP contribution in [0.5, 0.6) is 0 Å². The first kappa shape index (κ1) is 20.2. The van der Waals surface area contributed by atoms with Crippen molar-refractivity contribution in [2.45, 2.75) is 18.9 Å². The Hall–Kier alpha value is -2.10. The summed E-state index contributed by atoms with van der Waals surface area (Å²) in [6.45, 7) is 5.15. The minimum absolute atomic E-state index is 0.0153. The SMILES string of the molecule is O=C(CCCN1CCOCC1)Nc1cccc(C2=NNC(=O)C3CSCCN23)c1. The molecule has 3 aliphatic heterocycles. The number of benzene rings is 1. The minimum atomic E-state index is -0.181. The zero-order valence-electron chi connectivity index (χ0n) is 16.4. The monoisotopic (exact) mass is 417 g/mol. The quantitative estimate of drug-likeness (QED) is 0.717. The van der Waals surface area contributed by atoms with Gasteiger partial charge in [0.1, 0.15) is 6.04 Å². The number of nitrogens with one attached hydrogen (secondary N) is 2.